The van der Waals surface area contributed by atoms with Crippen LogP contribution in [0.25, 0.3) is 0 Å². The van der Waals surface area contributed by atoms with Crippen molar-refractivity contribution in [3.63, 3.8) is 0 Å². The fraction of sp³-hybridized carbons (Fsp3) is 0.391. The second-order valence-electron chi connectivity index (χ2n) is 8.55. The SMILES string of the molecule is COc1ccccc1NC(=O)CN1C(=O)C(C)(C)c2cc(S(=O)(=O)N3CCCC3)ccc21. The first-order valence-electron chi connectivity index (χ1n) is 10.6. The zero-order valence-electron chi connectivity index (χ0n) is 18.4. The van der Waals surface area contributed by atoms with Crippen LogP contribution in [0.3, 0.4) is 0 Å². The van der Waals surface area contributed by atoms with Crippen LogP contribution in [0.4, 0.5) is 11.4 Å². The van der Waals surface area contributed by atoms with Gasteiger partial charge in [-0.15, -0.1) is 0 Å². The average molecular weight is 458 g/mol. The van der Waals surface area contributed by atoms with Gasteiger partial charge in [0.05, 0.1) is 23.1 Å². The first-order chi connectivity index (χ1) is 15.2. The topological polar surface area (TPSA) is 96.0 Å². The molecule has 0 bridgehead atoms. The van der Waals surface area contributed by atoms with E-state index in [4.69, 9.17) is 4.74 Å². The molecular formula is C23H27N3O5S. The highest BCUT2D eigenvalue weighted by molar-refractivity contribution is 7.89. The van der Waals surface area contributed by atoms with Crippen molar-refractivity contribution in [2.24, 2.45) is 0 Å². The van der Waals surface area contributed by atoms with Crippen LogP contribution in [-0.2, 0) is 25.0 Å². The van der Waals surface area contributed by atoms with Crippen LogP contribution >= 0.6 is 0 Å². The van der Waals surface area contributed by atoms with Crippen molar-refractivity contribution in [1.82, 2.24) is 4.31 Å². The van der Waals surface area contributed by atoms with Crippen molar-refractivity contribution in [2.75, 3.05) is 37.0 Å². The van der Waals surface area contributed by atoms with E-state index in [1.165, 1.54) is 22.4 Å². The molecule has 2 aliphatic rings. The summed E-state index contributed by atoms with van der Waals surface area (Å²) in [6, 6.07) is 11.8. The number of hydrogen-bond donors (Lipinski definition) is 1. The summed E-state index contributed by atoms with van der Waals surface area (Å²) in [6.45, 7) is 4.33. The lowest BCUT2D eigenvalue weighted by Gasteiger charge is -2.20. The molecule has 0 radical (unpaired) electrons. The lowest BCUT2D eigenvalue weighted by atomic mass is 9.86. The lowest BCUT2D eigenvalue weighted by molar-refractivity contribution is -0.124. The normalized spacial score (nSPS) is 18.0. The van der Waals surface area contributed by atoms with E-state index in [-0.39, 0.29) is 23.3 Å². The van der Waals surface area contributed by atoms with E-state index < -0.39 is 15.4 Å². The number of sulfonamides is 1. The van der Waals surface area contributed by atoms with Crippen molar-refractivity contribution >= 4 is 33.2 Å². The zero-order valence-corrected chi connectivity index (χ0v) is 19.2. The molecule has 0 unspecified atom stereocenters. The van der Waals surface area contributed by atoms with Crippen LogP contribution in [-0.4, -0.2) is 51.3 Å². The molecule has 0 atom stereocenters. The molecule has 2 aromatic rings. The Kier molecular flexibility index (Phi) is 5.72. The number of carbonyl (C=O) groups excluding carboxylic acids is 2. The third kappa shape index (κ3) is 3.75. The predicted octanol–water partition coefficient (Wildman–Crippen LogP) is 2.74. The van der Waals surface area contributed by atoms with Gasteiger partial charge in [0.1, 0.15) is 12.3 Å². The van der Waals surface area contributed by atoms with Gasteiger partial charge in [-0.3, -0.25) is 9.59 Å². The molecule has 2 aromatic carbocycles. The Morgan fingerprint density at radius 3 is 2.50 bits per heavy atom. The molecule has 1 N–H and O–H groups in total. The molecule has 2 amide bonds. The number of amides is 2. The van der Waals surface area contributed by atoms with Crippen LogP contribution in [0.2, 0.25) is 0 Å². The third-order valence-corrected chi connectivity index (χ3v) is 7.99. The van der Waals surface area contributed by atoms with Gasteiger partial charge in [-0.05, 0) is 62.6 Å². The van der Waals surface area contributed by atoms with Crippen LogP contribution in [0, 0.1) is 0 Å². The van der Waals surface area contributed by atoms with Crippen molar-refractivity contribution < 1.29 is 22.7 Å². The highest BCUT2D eigenvalue weighted by atomic mass is 32.2. The maximum absolute atomic E-state index is 13.2. The van der Waals surface area contributed by atoms with Crippen LogP contribution in [0.5, 0.6) is 5.75 Å². The fourth-order valence-corrected chi connectivity index (χ4v) is 5.83. The summed E-state index contributed by atoms with van der Waals surface area (Å²) in [5.41, 5.74) is 0.720. The second kappa shape index (κ2) is 8.22. The molecule has 0 aliphatic carbocycles. The number of rotatable bonds is 6. The summed E-state index contributed by atoms with van der Waals surface area (Å²) in [5, 5.41) is 2.78. The van der Waals surface area contributed by atoms with Crippen molar-refractivity contribution in [3.05, 3.63) is 48.0 Å². The van der Waals surface area contributed by atoms with E-state index in [1.807, 2.05) is 0 Å². The minimum atomic E-state index is -3.61. The molecule has 0 aromatic heterocycles. The summed E-state index contributed by atoms with van der Waals surface area (Å²) in [5.74, 6) is -0.107. The number of methoxy groups -OCH3 is 1. The number of nitrogens with zero attached hydrogens (tertiary/aromatic N) is 2. The van der Waals surface area contributed by atoms with E-state index in [9.17, 15) is 18.0 Å². The molecule has 32 heavy (non-hydrogen) atoms. The van der Waals surface area contributed by atoms with E-state index in [1.54, 1.807) is 50.2 Å². The molecule has 1 fully saturated rings. The quantitative estimate of drug-likeness (QED) is 0.720. The molecule has 8 nitrogen and oxygen atoms in total. The molecule has 2 aliphatic heterocycles. The van der Waals surface area contributed by atoms with Crippen molar-refractivity contribution in [3.8, 4) is 5.75 Å². The van der Waals surface area contributed by atoms with E-state index in [2.05, 4.69) is 5.32 Å². The number of anilines is 2. The van der Waals surface area contributed by atoms with Crippen LogP contribution < -0.4 is 15.0 Å². The van der Waals surface area contributed by atoms with Crippen molar-refractivity contribution in [1.29, 1.82) is 0 Å². The van der Waals surface area contributed by atoms with Gasteiger partial charge >= 0.3 is 0 Å². The monoisotopic (exact) mass is 457 g/mol. The van der Waals surface area contributed by atoms with Gasteiger partial charge in [0.2, 0.25) is 21.8 Å². The first-order valence-corrected chi connectivity index (χ1v) is 12.0. The summed E-state index contributed by atoms with van der Waals surface area (Å²) in [4.78, 5) is 27.5. The maximum Gasteiger partial charge on any atom is 0.244 e. The van der Waals surface area contributed by atoms with Gasteiger partial charge < -0.3 is 15.0 Å². The molecule has 9 heteroatoms. The molecule has 4 rings (SSSR count). The second-order valence-corrected chi connectivity index (χ2v) is 10.5. The molecule has 170 valence electrons. The number of fused-ring (bicyclic) bond motifs is 1. The zero-order chi connectivity index (χ0) is 23.1. The Bertz CT molecular complexity index is 1170. The summed E-state index contributed by atoms with van der Waals surface area (Å²) < 4.78 is 32.7. The number of carbonyl (C=O) groups is 2. The Balaban J connectivity index is 1.61. The standard InChI is InChI=1S/C23H27N3O5S/c1-23(2)17-14-16(32(29,30)25-12-6-7-13-25)10-11-19(17)26(22(23)28)15-21(27)24-18-8-4-5-9-20(18)31-3/h4-5,8-11,14H,6-7,12-13,15H2,1-3H3,(H,24,27). The van der Waals surface area contributed by atoms with E-state index in [0.717, 1.165) is 12.8 Å². The Morgan fingerprint density at radius 1 is 1.12 bits per heavy atom. The van der Waals surface area contributed by atoms with Gasteiger partial charge in [-0.25, -0.2) is 8.42 Å². The van der Waals surface area contributed by atoms with E-state index >= 15 is 0 Å². The number of ether oxygens (including phenoxy) is 1. The number of benzene rings is 2. The fourth-order valence-electron chi connectivity index (χ4n) is 4.29. The lowest BCUT2D eigenvalue weighted by Crippen LogP contribution is -2.40. The Morgan fingerprint density at radius 2 is 1.81 bits per heavy atom. The van der Waals surface area contributed by atoms with Gasteiger partial charge in [0.25, 0.3) is 0 Å². The minimum Gasteiger partial charge on any atom is -0.495 e. The van der Waals surface area contributed by atoms with Gasteiger partial charge in [0.15, 0.2) is 0 Å². The highest BCUT2D eigenvalue weighted by Gasteiger charge is 2.45. The van der Waals surface area contributed by atoms with Gasteiger partial charge in [-0.2, -0.15) is 4.31 Å². The molecule has 2 heterocycles. The van der Waals surface area contributed by atoms with Crippen molar-refractivity contribution in [2.45, 2.75) is 37.0 Å². The summed E-state index contributed by atoms with van der Waals surface area (Å²) >= 11 is 0. The minimum absolute atomic E-state index is 0.180. The highest BCUT2D eigenvalue weighted by Crippen LogP contribution is 2.43. The molecule has 1 saturated heterocycles. The largest absolute Gasteiger partial charge is 0.495 e. The Labute approximate surface area is 188 Å². The van der Waals surface area contributed by atoms with Gasteiger partial charge in [-0.1, -0.05) is 12.1 Å². The molecular weight excluding hydrogens is 430 g/mol. The summed E-state index contributed by atoms with van der Waals surface area (Å²) in [7, 11) is -2.09. The van der Waals surface area contributed by atoms with Crippen LogP contribution in [0.15, 0.2) is 47.4 Å². The third-order valence-electron chi connectivity index (χ3n) is 6.10. The van der Waals surface area contributed by atoms with Crippen LogP contribution in [0.1, 0.15) is 32.3 Å². The Hall–Kier alpha value is -2.91. The maximum atomic E-state index is 13.2. The number of para-hydroxylation sites is 2. The first kappa shape index (κ1) is 22.3. The van der Waals surface area contributed by atoms with E-state index in [0.29, 0.717) is 35.8 Å². The average Bonchev–Trinajstić information content (AvgIpc) is 3.38. The molecule has 0 spiro atoms. The predicted molar refractivity (Wildman–Crippen MR) is 121 cm³/mol. The summed E-state index contributed by atoms with van der Waals surface area (Å²) in [6.07, 6.45) is 1.70. The van der Waals surface area contributed by atoms with Gasteiger partial charge in [0, 0.05) is 18.8 Å². The number of hydrogen-bond acceptors (Lipinski definition) is 5. The smallest absolute Gasteiger partial charge is 0.244 e. The number of nitrogens with one attached hydrogen (secondary N) is 1. The molecule has 0 saturated carbocycles.